The number of aromatic hydroxyl groups is 1. The molecular formula is C27H26N6O5. The summed E-state index contributed by atoms with van der Waals surface area (Å²) in [5, 5.41) is 33.9. The van der Waals surface area contributed by atoms with Crippen molar-refractivity contribution in [2.75, 3.05) is 23.8 Å². The van der Waals surface area contributed by atoms with Gasteiger partial charge in [-0.1, -0.05) is 18.2 Å². The van der Waals surface area contributed by atoms with Crippen LogP contribution in [0.3, 0.4) is 0 Å². The van der Waals surface area contributed by atoms with Gasteiger partial charge in [0.05, 0.1) is 23.4 Å². The fraction of sp³-hybridized carbons (Fsp3) is 0.148. The van der Waals surface area contributed by atoms with Crippen LogP contribution in [-0.4, -0.2) is 50.4 Å². The summed E-state index contributed by atoms with van der Waals surface area (Å²) in [6.07, 6.45) is 1.35. The Morgan fingerprint density at radius 1 is 1.00 bits per heavy atom. The second-order valence-corrected chi connectivity index (χ2v) is 8.49. The predicted octanol–water partition coefficient (Wildman–Crippen LogP) is 2.87. The largest absolute Gasteiger partial charge is 0.507 e. The van der Waals surface area contributed by atoms with Crippen LogP contribution in [0.25, 0.3) is 11.3 Å². The minimum Gasteiger partial charge on any atom is -0.507 e. The van der Waals surface area contributed by atoms with Gasteiger partial charge in [-0.05, 0) is 61.4 Å². The number of benzene rings is 2. The summed E-state index contributed by atoms with van der Waals surface area (Å²) in [5.41, 5.74) is 3.33. The van der Waals surface area contributed by atoms with Gasteiger partial charge in [0.1, 0.15) is 17.3 Å². The number of carbonyl (C=O) groups is 2. The van der Waals surface area contributed by atoms with Crippen molar-refractivity contribution in [3.05, 3.63) is 93.4 Å². The second-order valence-electron chi connectivity index (χ2n) is 8.49. The topological polar surface area (TPSA) is 169 Å². The van der Waals surface area contributed by atoms with Crippen LogP contribution in [0.4, 0.5) is 17.2 Å². The van der Waals surface area contributed by atoms with Gasteiger partial charge in [-0.3, -0.25) is 14.4 Å². The highest BCUT2D eigenvalue weighted by molar-refractivity contribution is 6.06. The van der Waals surface area contributed by atoms with Crippen molar-refractivity contribution in [2.45, 2.75) is 13.8 Å². The Labute approximate surface area is 217 Å². The van der Waals surface area contributed by atoms with Crippen LogP contribution in [0.1, 0.15) is 31.8 Å². The third kappa shape index (κ3) is 5.85. The molecule has 11 heteroatoms. The first kappa shape index (κ1) is 26.0. The molecule has 0 aliphatic rings. The molecule has 0 fully saturated rings. The van der Waals surface area contributed by atoms with Gasteiger partial charge in [-0.15, -0.1) is 0 Å². The second kappa shape index (κ2) is 11.4. The van der Waals surface area contributed by atoms with Crippen LogP contribution in [0.15, 0.2) is 65.6 Å². The van der Waals surface area contributed by atoms with Crippen molar-refractivity contribution in [1.82, 2.24) is 20.5 Å². The molecule has 0 atom stereocenters. The summed E-state index contributed by atoms with van der Waals surface area (Å²) in [6, 6.07) is 14.7. The molecular weight excluding hydrogens is 488 g/mol. The number of hydrogen-bond donors (Lipinski definition) is 6. The maximum absolute atomic E-state index is 12.8. The van der Waals surface area contributed by atoms with E-state index in [9.17, 15) is 19.5 Å². The molecule has 4 aromatic rings. The molecule has 2 heterocycles. The molecule has 0 aliphatic heterocycles. The normalized spacial score (nSPS) is 10.6. The fourth-order valence-corrected chi connectivity index (χ4v) is 3.72. The van der Waals surface area contributed by atoms with Gasteiger partial charge in [-0.25, -0.2) is 10.1 Å². The molecule has 11 nitrogen and oxygen atoms in total. The van der Waals surface area contributed by atoms with Gasteiger partial charge in [-0.2, -0.15) is 5.10 Å². The van der Waals surface area contributed by atoms with Crippen LogP contribution in [0.2, 0.25) is 0 Å². The summed E-state index contributed by atoms with van der Waals surface area (Å²) >= 11 is 0. The number of rotatable bonds is 8. The lowest BCUT2D eigenvalue weighted by atomic mass is 10.0. The van der Waals surface area contributed by atoms with Gasteiger partial charge in [0.15, 0.2) is 0 Å². The minimum absolute atomic E-state index is 0.109. The number of hydrogen-bond acceptors (Lipinski definition) is 8. The van der Waals surface area contributed by atoms with Gasteiger partial charge in [0, 0.05) is 24.0 Å². The third-order valence-electron chi connectivity index (χ3n) is 5.75. The Morgan fingerprint density at radius 3 is 2.53 bits per heavy atom. The Bertz CT molecular complexity index is 1550. The van der Waals surface area contributed by atoms with E-state index in [0.717, 1.165) is 5.56 Å². The van der Waals surface area contributed by atoms with E-state index in [2.05, 4.69) is 31.1 Å². The fourth-order valence-electron chi connectivity index (χ4n) is 3.72. The molecule has 2 aromatic carbocycles. The van der Waals surface area contributed by atoms with Crippen molar-refractivity contribution in [2.24, 2.45) is 0 Å². The van der Waals surface area contributed by atoms with Crippen molar-refractivity contribution < 1.29 is 19.8 Å². The number of carbonyl (C=O) groups excluding carboxylic acids is 2. The number of aliphatic hydroxyl groups excluding tert-OH is 1. The summed E-state index contributed by atoms with van der Waals surface area (Å²) in [5.74, 6) is -0.606. The quantitative estimate of drug-likeness (QED) is 0.208. The number of pyridine rings is 1. The number of nitrogens with one attached hydrogen (secondary N) is 4. The summed E-state index contributed by atoms with van der Waals surface area (Å²) in [4.78, 5) is 41.4. The Morgan fingerprint density at radius 2 is 1.82 bits per heavy atom. The lowest BCUT2D eigenvalue weighted by Gasteiger charge is -2.14. The van der Waals surface area contributed by atoms with Gasteiger partial charge < -0.3 is 26.2 Å². The number of phenols is 1. The van der Waals surface area contributed by atoms with Crippen molar-refractivity contribution in [3.8, 4) is 17.0 Å². The molecule has 6 N–H and O–H groups in total. The monoisotopic (exact) mass is 514 g/mol. The van der Waals surface area contributed by atoms with Crippen LogP contribution in [0.5, 0.6) is 5.75 Å². The lowest BCUT2D eigenvalue weighted by molar-refractivity contribution is 0.0943. The number of aromatic nitrogens is 3. The smallest absolute Gasteiger partial charge is 0.287 e. The van der Waals surface area contributed by atoms with Crippen LogP contribution >= 0.6 is 0 Å². The zero-order chi connectivity index (χ0) is 27.2. The molecule has 0 spiro atoms. The molecule has 2 amide bonds. The van der Waals surface area contributed by atoms with E-state index >= 15 is 0 Å². The average molecular weight is 515 g/mol. The summed E-state index contributed by atoms with van der Waals surface area (Å²) < 4.78 is 0. The number of aromatic amines is 1. The molecule has 0 saturated heterocycles. The Kier molecular flexibility index (Phi) is 7.78. The molecule has 0 bridgehead atoms. The number of phenolic OH excluding ortho intramolecular Hbond substituents is 1. The van der Waals surface area contributed by atoms with Crippen LogP contribution in [0, 0.1) is 13.8 Å². The zero-order valence-electron chi connectivity index (χ0n) is 20.7. The number of anilines is 3. The standard InChI is InChI=1S/C27H26N6O5/c1-15-6-8-19(23(35)12-15)26(37)31-20-5-3-4-18(16(20)2)21-13-22(27(38)33-32-21)30-24-9-7-17(14-29-24)25(36)28-10-11-34/h3-9,12-14,34-35H,10-11H2,1-2H3,(H,28,36)(H,31,37)(H,33,38)(H,29,30,32). The van der Waals surface area contributed by atoms with E-state index in [1.165, 1.54) is 12.3 Å². The number of nitrogens with zero attached hydrogens (tertiary/aromatic N) is 2. The highest BCUT2D eigenvalue weighted by Crippen LogP contribution is 2.29. The van der Waals surface area contributed by atoms with Gasteiger partial charge in [0.25, 0.3) is 17.4 Å². The van der Waals surface area contributed by atoms with Gasteiger partial charge in [0.2, 0.25) is 0 Å². The minimum atomic E-state index is -0.475. The van der Waals surface area contributed by atoms with E-state index in [1.54, 1.807) is 48.5 Å². The van der Waals surface area contributed by atoms with E-state index in [0.29, 0.717) is 33.9 Å². The lowest BCUT2D eigenvalue weighted by Crippen LogP contribution is -2.26. The number of aliphatic hydroxyl groups is 1. The van der Waals surface area contributed by atoms with E-state index < -0.39 is 11.5 Å². The van der Waals surface area contributed by atoms with E-state index in [1.807, 2.05) is 13.8 Å². The Hall–Kier alpha value is -5.03. The number of H-pyrrole nitrogens is 1. The highest BCUT2D eigenvalue weighted by atomic mass is 16.3. The van der Waals surface area contributed by atoms with Gasteiger partial charge >= 0.3 is 0 Å². The van der Waals surface area contributed by atoms with Crippen molar-refractivity contribution >= 4 is 29.0 Å². The third-order valence-corrected chi connectivity index (χ3v) is 5.75. The first-order chi connectivity index (χ1) is 18.3. The molecule has 0 saturated carbocycles. The van der Waals surface area contributed by atoms with Crippen LogP contribution < -0.4 is 21.5 Å². The molecule has 0 unspecified atom stereocenters. The first-order valence-corrected chi connectivity index (χ1v) is 11.7. The molecule has 2 aromatic heterocycles. The maximum atomic E-state index is 12.8. The molecule has 194 valence electrons. The first-order valence-electron chi connectivity index (χ1n) is 11.7. The van der Waals surface area contributed by atoms with E-state index in [4.69, 9.17) is 5.11 Å². The van der Waals surface area contributed by atoms with E-state index in [-0.39, 0.29) is 36.1 Å². The highest BCUT2D eigenvalue weighted by Gasteiger charge is 2.16. The zero-order valence-corrected chi connectivity index (χ0v) is 20.7. The molecule has 38 heavy (non-hydrogen) atoms. The summed E-state index contributed by atoms with van der Waals surface area (Å²) in [6.45, 7) is 3.59. The number of amides is 2. The summed E-state index contributed by atoms with van der Waals surface area (Å²) in [7, 11) is 0. The average Bonchev–Trinajstić information content (AvgIpc) is 2.90. The van der Waals surface area contributed by atoms with Crippen molar-refractivity contribution in [1.29, 1.82) is 0 Å². The SMILES string of the molecule is Cc1ccc(C(=O)Nc2cccc(-c3cc(Nc4ccc(C(=O)NCCO)cn4)c(=O)[nH]n3)c2C)c(O)c1. The van der Waals surface area contributed by atoms with Crippen molar-refractivity contribution in [3.63, 3.8) is 0 Å². The van der Waals surface area contributed by atoms with Crippen LogP contribution in [-0.2, 0) is 0 Å². The molecule has 0 radical (unpaired) electrons. The predicted molar refractivity (Wildman–Crippen MR) is 143 cm³/mol. The maximum Gasteiger partial charge on any atom is 0.287 e. The molecule has 4 rings (SSSR count). The number of aryl methyl sites for hydroxylation is 1. The molecule has 0 aliphatic carbocycles. The Balaban J connectivity index is 1.56.